The second-order valence-electron chi connectivity index (χ2n) is 4.30. The summed E-state index contributed by atoms with van der Waals surface area (Å²) >= 11 is 8.07. The van der Waals surface area contributed by atoms with E-state index in [-0.39, 0.29) is 11.5 Å². The number of hydrogen-bond acceptors (Lipinski definition) is 7. The molecule has 0 spiro atoms. The van der Waals surface area contributed by atoms with E-state index in [0.29, 0.717) is 15.7 Å². The van der Waals surface area contributed by atoms with E-state index in [1.165, 1.54) is 17.5 Å². The molecule has 0 saturated heterocycles. The fourth-order valence-electron chi connectivity index (χ4n) is 1.82. The maximum absolute atomic E-state index is 12.3. The van der Waals surface area contributed by atoms with Crippen LogP contribution in [0.25, 0.3) is 11.3 Å². The van der Waals surface area contributed by atoms with Gasteiger partial charge in [-0.3, -0.25) is 4.79 Å². The van der Waals surface area contributed by atoms with Crippen molar-refractivity contribution >= 4 is 40.4 Å². The van der Waals surface area contributed by atoms with Crippen molar-refractivity contribution in [2.45, 2.75) is 5.92 Å². The molecule has 22 heavy (non-hydrogen) atoms. The van der Waals surface area contributed by atoms with Gasteiger partial charge in [0.1, 0.15) is 10.7 Å². The molecular formula is C14H7ClN4OS2. The highest BCUT2D eigenvalue weighted by atomic mass is 35.5. The zero-order valence-electron chi connectivity index (χ0n) is 10.9. The van der Waals surface area contributed by atoms with Gasteiger partial charge in [-0.15, -0.1) is 11.3 Å². The lowest BCUT2D eigenvalue weighted by Crippen LogP contribution is -2.11. The van der Waals surface area contributed by atoms with Crippen molar-refractivity contribution in [2.24, 2.45) is 0 Å². The number of nitriles is 1. The topological polar surface area (TPSA) is 79.5 Å². The summed E-state index contributed by atoms with van der Waals surface area (Å²) in [5.74, 6) is -1.34. The molecular weight excluding hydrogens is 340 g/mol. The lowest BCUT2D eigenvalue weighted by atomic mass is 10.0. The molecule has 3 rings (SSSR count). The molecule has 2 aromatic heterocycles. The van der Waals surface area contributed by atoms with Gasteiger partial charge in [-0.1, -0.05) is 23.7 Å². The van der Waals surface area contributed by atoms with Crippen molar-refractivity contribution in [2.75, 3.05) is 0 Å². The van der Waals surface area contributed by atoms with E-state index >= 15 is 0 Å². The van der Waals surface area contributed by atoms with Crippen molar-refractivity contribution in [3.8, 4) is 17.3 Å². The average molecular weight is 347 g/mol. The third-order valence-electron chi connectivity index (χ3n) is 2.91. The first-order valence-corrected chi connectivity index (χ1v) is 8.10. The monoisotopic (exact) mass is 346 g/mol. The van der Waals surface area contributed by atoms with Gasteiger partial charge in [-0.05, 0) is 12.1 Å². The Morgan fingerprint density at radius 2 is 2.09 bits per heavy atom. The molecule has 3 aromatic rings. The van der Waals surface area contributed by atoms with Crippen LogP contribution < -0.4 is 0 Å². The summed E-state index contributed by atoms with van der Waals surface area (Å²) in [4.78, 5) is 16.7. The number of carbonyl (C=O) groups is 1. The quantitative estimate of drug-likeness (QED) is 0.671. The summed E-state index contributed by atoms with van der Waals surface area (Å²) < 4.78 is 7.66. The van der Waals surface area contributed by atoms with Crippen molar-refractivity contribution in [1.82, 2.24) is 13.7 Å². The number of hydrogen-bond donors (Lipinski definition) is 0. The van der Waals surface area contributed by atoms with Gasteiger partial charge in [-0.2, -0.15) is 14.0 Å². The third kappa shape index (κ3) is 2.90. The molecule has 0 N–H and O–H groups in total. The van der Waals surface area contributed by atoms with Crippen LogP contribution in [-0.4, -0.2) is 19.5 Å². The van der Waals surface area contributed by atoms with Crippen LogP contribution in [0.4, 0.5) is 0 Å². The van der Waals surface area contributed by atoms with E-state index in [1.807, 2.05) is 23.6 Å². The Bertz CT molecular complexity index is 837. The molecule has 1 atom stereocenters. The minimum Gasteiger partial charge on any atom is -0.290 e. The number of nitrogens with zero attached hydrogens (tertiary/aromatic N) is 4. The molecule has 0 aliphatic heterocycles. The van der Waals surface area contributed by atoms with Crippen molar-refractivity contribution in [3.05, 3.63) is 51.6 Å². The lowest BCUT2D eigenvalue weighted by molar-refractivity contribution is 0.0975. The lowest BCUT2D eigenvalue weighted by Gasteiger charge is -2.01. The molecule has 8 heteroatoms. The summed E-state index contributed by atoms with van der Waals surface area (Å²) in [6.45, 7) is 0. The van der Waals surface area contributed by atoms with Crippen LogP contribution in [0.15, 0.2) is 35.8 Å². The molecule has 0 aliphatic carbocycles. The number of aromatic nitrogens is 3. The Labute approximate surface area is 139 Å². The number of benzene rings is 1. The zero-order chi connectivity index (χ0) is 15.5. The highest BCUT2D eigenvalue weighted by molar-refractivity contribution is 7.10. The molecule has 0 fully saturated rings. The predicted octanol–water partition coefficient (Wildman–Crippen LogP) is 3.81. The fourth-order valence-corrected chi connectivity index (χ4v) is 3.23. The number of carbonyl (C=O) groups excluding carboxylic acids is 1. The first-order valence-electron chi connectivity index (χ1n) is 6.12. The molecule has 0 unspecified atom stereocenters. The second-order valence-corrected chi connectivity index (χ2v) is 6.18. The summed E-state index contributed by atoms with van der Waals surface area (Å²) in [6, 6.07) is 9.21. The normalized spacial score (nSPS) is 11.8. The van der Waals surface area contributed by atoms with E-state index in [4.69, 9.17) is 11.6 Å². The maximum Gasteiger partial charge on any atom is 0.207 e. The number of thiazole rings is 1. The highest BCUT2D eigenvalue weighted by Crippen LogP contribution is 2.28. The first kappa shape index (κ1) is 14.8. The van der Waals surface area contributed by atoms with E-state index in [0.717, 1.165) is 17.3 Å². The number of Topliss-reactive ketones (excluding diaryl/α,β-unsaturated/α-hetero) is 1. The molecule has 0 bridgehead atoms. The molecule has 0 saturated carbocycles. The second kappa shape index (κ2) is 6.32. The highest BCUT2D eigenvalue weighted by Gasteiger charge is 2.26. The van der Waals surface area contributed by atoms with Gasteiger partial charge in [0.15, 0.2) is 5.92 Å². The Morgan fingerprint density at radius 1 is 1.32 bits per heavy atom. The Balaban J connectivity index is 1.90. The molecule has 5 nitrogen and oxygen atoms in total. The molecule has 2 heterocycles. The molecule has 0 radical (unpaired) electrons. The van der Waals surface area contributed by atoms with Crippen molar-refractivity contribution < 1.29 is 4.79 Å². The van der Waals surface area contributed by atoms with E-state index < -0.39 is 5.92 Å². The zero-order valence-corrected chi connectivity index (χ0v) is 13.3. The van der Waals surface area contributed by atoms with Crippen LogP contribution in [0.3, 0.4) is 0 Å². The molecule has 108 valence electrons. The van der Waals surface area contributed by atoms with Gasteiger partial charge >= 0.3 is 0 Å². The van der Waals surface area contributed by atoms with Gasteiger partial charge < -0.3 is 0 Å². The summed E-state index contributed by atoms with van der Waals surface area (Å²) in [7, 11) is 0. The Hall–Kier alpha value is -2.14. The summed E-state index contributed by atoms with van der Waals surface area (Å²) in [5.41, 5.74) is 1.78. The van der Waals surface area contributed by atoms with Crippen LogP contribution in [0.5, 0.6) is 0 Å². The maximum atomic E-state index is 12.3. The Kier molecular flexibility index (Phi) is 4.24. The van der Waals surface area contributed by atoms with Crippen LogP contribution >= 0.6 is 34.7 Å². The van der Waals surface area contributed by atoms with Gasteiger partial charge in [0.2, 0.25) is 5.78 Å². The number of halogens is 1. The van der Waals surface area contributed by atoms with Gasteiger partial charge in [-0.25, -0.2) is 4.98 Å². The number of ketones is 1. The van der Waals surface area contributed by atoms with Gasteiger partial charge in [0.05, 0.1) is 29.7 Å². The number of rotatable bonds is 4. The van der Waals surface area contributed by atoms with Crippen molar-refractivity contribution in [1.29, 1.82) is 5.26 Å². The Morgan fingerprint density at radius 3 is 2.73 bits per heavy atom. The SMILES string of the molecule is N#C[C@@H](C(=O)c1cnsn1)c1nc(-c2ccc(Cl)cc2)cs1. The minimum atomic E-state index is -0.963. The smallest absolute Gasteiger partial charge is 0.207 e. The largest absolute Gasteiger partial charge is 0.290 e. The van der Waals surface area contributed by atoms with Gasteiger partial charge in [0.25, 0.3) is 0 Å². The van der Waals surface area contributed by atoms with Gasteiger partial charge in [0, 0.05) is 16.0 Å². The summed E-state index contributed by atoms with van der Waals surface area (Å²) in [5, 5.41) is 12.2. The van der Waals surface area contributed by atoms with E-state index in [1.54, 1.807) is 12.1 Å². The van der Waals surface area contributed by atoms with Crippen molar-refractivity contribution in [3.63, 3.8) is 0 Å². The first-order chi connectivity index (χ1) is 10.7. The predicted molar refractivity (Wildman–Crippen MR) is 85.2 cm³/mol. The molecule has 0 aliphatic rings. The fraction of sp³-hybridized carbons (Fsp3) is 0.0714. The van der Waals surface area contributed by atoms with E-state index in [2.05, 4.69) is 13.7 Å². The molecule has 1 aromatic carbocycles. The summed E-state index contributed by atoms with van der Waals surface area (Å²) in [6.07, 6.45) is 1.37. The standard InChI is InChI=1S/C14H7ClN4OS2/c15-9-3-1-8(2-4-9)12-7-21-14(18-12)10(5-16)13(20)11-6-17-22-19-11/h1-4,6-7,10H/t10-/m0/s1. The molecule has 0 amide bonds. The van der Waals surface area contributed by atoms with E-state index in [9.17, 15) is 10.1 Å². The van der Waals surface area contributed by atoms with Crippen LogP contribution in [0.1, 0.15) is 21.4 Å². The average Bonchev–Trinajstić information content (AvgIpc) is 3.20. The third-order valence-corrected chi connectivity index (χ3v) is 4.55. The van der Waals surface area contributed by atoms with Crippen LogP contribution in [-0.2, 0) is 0 Å². The minimum absolute atomic E-state index is 0.194. The van der Waals surface area contributed by atoms with Crippen LogP contribution in [0, 0.1) is 11.3 Å². The van der Waals surface area contributed by atoms with Crippen LogP contribution in [0.2, 0.25) is 5.02 Å².